The second-order valence-electron chi connectivity index (χ2n) is 6.15. The zero-order valence-electron chi connectivity index (χ0n) is 14.4. The maximum absolute atomic E-state index is 12.3. The standard InChI is InChI=1S/C17H25NO6/c1-11-15(17(20)21)8-14(24-11)9-18(3)16(19)12(2)23-10-13-6-4-5-7-22-13/h8,12-13H,4-7,9-10H2,1-3H3,(H,20,21). The van der Waals surface area contributed by atoms with Crippen molar-refractivity contribution in [2.45, 2.75) is 51.9 Å². The average molecular weight is 339 g/mol. The number of hydrogen-bond acceptors (Lipinski definition) is 5. The molecule has 1 amide bonds. The quantitative estimate of drug-likeness (QED) is 0.819. The molecule has 1 aliphatic heterocycles. The van der Waals surface area contributed by atoms with Gasteiger partial charge in [0.2, 0.25) is 0 Å². The molecule has 0 bridgehead atoms. The molecular formula is C17H25NO6. The average Bonchev–Trinajstić information content (AvgIpc) is 2.93. The summed E-state index contributed by atoms with van der Waals surface area (Å²) >= 11 is 0. The second-order valence-corrected chi connectivity index (χ2v) is 6.15. The van der Waals surface area contributed by atoms with Crippen molar-refractivity contribution in [3.63, 3.8) is 0 Å². The van der Waals surface area contributed by atoms with Crippen molar-refractivity contribution in [1.29, 1.82) is 0 Å². The van der Waals surface area contributed by atoms with Crippen molar-refractivity contribution in [2.24, 2.45) is 0 Å². The predicted octanol–water partition coefficient (Wildman–Crippen LogP) is 2.22. The van der Waals surface area contributed by atoms with E-state index in [1.165, 1.54) is 11.0 Å². The van der Waals surface area contributed by atoms with Crippen molar-refractivity contribution < 1.29 is 28.6 Å². The third-order valence-electron chi connectivity index (χ3n) is 4.12. The van der Waals surface area contributed by atoms with E-state index in [4.69, 9.17) is 19.0 Å². The van der Waals surface area contributed by atoms with Crippen LogP contribution in [0.25, 0.3) is 0 Å². The van der Waals surface area contributed by atoms with Gasteiger partial charge in [-0.1, -0.05) is 0 Å². The minimum absolute atomic E-state index is 0.0603. The smallest absolute Gasteiger partial charge is 0.339 e. The Hall–Kier alpha value is -1.86. The Morgan fingerprint density at radius 3 is 2.79 bits per heavy atom. The minimum atomic E-state index is -1.04. The molecule has 1 N–H and O–H groups in total. The Labute approximate surface area is 141 Å². The van der Waals surface area contributed by atoms with Crippen molar-refractivity contribution in [3.8, 4) is 0 Å². The summed E-state index contributed by atoms with van der Waals surface area (Å²) in [6, 6.07) is 1.45. The summed E-state index contributed by atoms with van der Waals surface area (Å²) in [6.07, 6.45) is 2.63. The Morgan fingerprint density at radius 2 is 2.21 bits per heavy atom. The fourth-order valence-electron chi connectivity index (χ4n) is 2.72. The Balaban J connectivity index is 1.84. The van der Waals surface area contributed by atoms with Gasteiger partial charge in [0.1, 0.15) is 23.2 Å². The van der Waals surface area contributed by atoms with E-state index < -0.39 is 12.1 Å². The lowest BCUT2D eigenvalue weighted by molar-refractivity contribution is -0.145. The van der Waals surface area contributed by atoms with Gasteiger partial charge in [-0.2, -0.15) is 0 Å². The van der Waals surface area contributed by atoms with Crippen LogP contribution in [-0.4, -0.2) is 54.4 Å². The first-order valence-electron chi connectivity index (χ1n) is 8.19. The SMILES string of the molecule is Cc1oc(CN(C)C(=O)C(C)OCC2CCCCO2)cc1C(=O)O. The summed E-state index contributed by atoms with van der Waals surface area (Å²) in [7, 11) is 1.64. The van der Waals surface area contributed by atoms with E-state index in [0.717, 1.165) is 25.9 Å². The van der Waals surface area contributed by atoms with Crippen molar-refractivity contribution in [1.82, 2.24) is 4.90 Å². The molecule has 2 rings (SSSR count). The molecule has 1 aliphatic rings. The lowest BCUT2D eigenvalue weighted by atomic mass is 10.1. The molecule has 2 heterocycles. The van der Waals surface area contributed by atoms with E-state index in [0.29, 0.717) is 18.1 Å². The largest absolute Gasteiger partial charge is 0.478 e. The maximum atomic E-state index is 12.3. The molecule has 0 spiro atoms. The number of hydrogen-bond donors (Lipinski definition) is 1. The number of furan rings is 1. The van der Waals surface area contributed by atoms with Gasteiger partial charge < -0.3 is 23.9 Å². The van der Waals surface area contributed by atoms with Gasteiger partial charge in [-0.15, -0.1) is 0 Å². The van der Waals surface area contributed by atoms with Crippen LogP contribution >= 0.6 is 0 Å². The van der Waals surface area contributed by atoms with Gasteiger partial charge in [-0.05, 0) is 39.2 Å². The number of carboxylic acids is 1. The number of aryl methyl sites for hydroxylation is 1. The number of carbonyl (C=O) groups excluding carboxylic acids is 1. The molecule has 1 aromatic heterocycles. The van der Waals surface area contributed by atoms with Gasteiger partial charge >= 0.3 is 5.97 Å². The van der Waals surface area contributed by atoms with Gasteiger partial charge in [-0.3, -0.25) is 4.79 Å². The van der Waals surface area contributed by atoms with E-state index in [9.17, 15) is 9.59 Å². The van der Waals surface area contributed by atoms with Crippen LogP contribution in [0.15, 0.2) is 10.5 Å². The molecule has 1 saturated heterocycles. The first kappa shape index (κ1) is 18.5. The normalized spacial score (nSPS) is 19.0. The topological polar surface area (TPSA) is 89.2 Å². The molecular weight excluding hydrogens is 314 g/mol. The van der Waals surface area contributed by atoms with Crippen LogP contribution in [0.4, 0.5) is 0 Å². The molecule has 0 aromatic carbocycles. The van der Waals surface area contributed by atoms with E-state index in [1.54, 1.807) is 20.9 Å². The van der Waals surface area contributed by atoms with Crippen molar-refractivity contribution in [3.05, 3.63) is 23.2 Å². The van der Waals surface area contributed by atoms with Crippen molar-refractivity contribution >= 4 is 11.9 Å². The Kier molecular flexibility index (Phi) is 6.39. The van der Waals surface area contributed by atoms with Crippen LogP contribution in [0.5, 0.6) is 0 Å². The third kappa shape index (κ3) is 4.82. The number of carboxylic acid groups (broad SMARTS) is 1. The van der Waals surface area contributed by atoms with Crippen LogP contribution in [-0.2, 0) is 20.8 Å². The summed E-state index contributed by atoms with van der Waals surface area (Å²) in [4.78, 5) is 24.8. The Morgan fingerprint density at radius 1 is 1.46 bits per heavy atom. The van der Waals surface area contributed by atoms with E-state index in [2.05, 4.69) is 0 Å². The predicted molar refractivity (Wildman–Crippen MR) is 85.9 cm³/mol. The lowest BCUT2D eigenvalue weighted by Crippen LogP contribution is -2.37. The summed E-state index contributed by atoms with van der Waals surface area (Å²) in [6.45, 7) is 4.65. The molecule has 24 heavy (non-hydrogen) atoms. The maximum Gasteiger partial charge on any atom is 0.339 e. The summed E-state index contributed by atoms with van der Waals surface area (Å²) in [5.41, 5.74) is 0.115. The van der Waals surface area contributed by atoms with E-state index in [-0.39, 0.29) is 24.1 Å². The van der Waals surface area contributed by atoms with Crippen LogP contribution in [0, 0.1) is 6.92 Å². The molecule has 7 nitrogen and oxygen atoms in total. The molecule has 2 atom stereocenters. The number of aromatic carboxylic acids is 1. The highest BCUT2D eigenvalue weighted by Gasteiger charge is 2.23. The number of carbonyl (C=O) groups is 2. The van der Waals surface area contributed by atoms with Gasteiger partial charge in [0.15, 0.2) is 0 Å². The number of nitrogens with zero attached hydrogens (tertiary/aromatic N) is 1. The summed E-state index contributed by atoms with van der Waals surface area (Å²) in [5.74, 6) is -0.460. The highest BCUT2D eigenvalue weighted by Crippen LogP contribution is 2.17. The van der Waals surface area contributed by atoms with Crippen LogP contribution < -0.4 is 0 Å². The number of rotatable bonds is 7. The molecule has 0 saturated carbocycles. The van der Waals surface area contributed by atoms with Gasteiger partial charge in [-0.25, -0.2) is 4.79 Å². The first-order chi connectivity index (χ1) is 11.4. The van der Waals surface area contributed by atoms with Gasteiger partial charge in [0, 0.05) is 13.7 Å². The van der Waals surface area contributed by atoms with Gasteiger partial charge in [0.25, 0.3) is 5.91 Å². The van der Waals surface area contributed by atoms with Crippen LogP contribution in [0.1, 0.15) is 48.1 Å². The molecule has 1 aromatic rings. The molecule has 1 fully saturated rings. The highest BCUT2D eigenvalue weighted by atomic mass is 16.5. The second kappa shape index (κ2) is 8.30. The van der Waals surface area contributed by atoms with Gasteiger partial charge in [0.05, 0.1) is 19.3 Å². The zero-order valence-corrected chi connectivity index (χ0v) is 14.4. The molecule has 134 valence electrons. The van der Waals surface area contributed by atoms with Crippen LogP contribution in [0.2, 0.25) is 0 Å². The summed E-state index contributed by atoms with van der Waals surface area (Å²) in [5, 5.41) is 9.03. The monoisotopic (exact) mass is 339 g/mol. The summed E-state index contributed by atoms with van der Waals surface area (Å²) < 4.78 is 16.6. The van der Waals surface area contributed by atoms with Crippen LogP contribution in [0.3, 0.4) is 0 Å². The number of ether oxygens (including phenoxy) is 2. The minimum Gasteiger partial charge on any atom is -0.478 e. The Bertz CT molecular complexity index is 576. The molecule has 2 unspecified atom stereocenters. The fourth-order valence-corrected chi connectivity index (χ4v) is 2.72. The van der Waals surface area contributed by atoms with E-state index in [1.807, 2.05) is 0 Å². The third-order valence-corrected chi connectivity index (χ3v) is 4.12. The highest BCUT2D eigenvalue weighted by molar-refractivity contribution is 5.88. The fraction of sp³-hybridized carbons (Fsp3) is 0.647. The molecule has 0 radical (unpaired) electrons. The van der Waals surface area contributed by atoms with Crippen molar-refractivity contribution in [2.75, 3.05) is 20.3 Å². The molecule has 7 heteroatoms. The number of amides is 1. The number of likely N-dealkylation sites (N-methyl/N-ethyl adjacent to an activating group) is 1. The van der Waals surface area contributed by atoms with E-state index >= 15 is 0 Å². The molecule has 0 aliphatic carbocycles. The first-order valence-corrected chi connectivity index (χ1v) is 8.19. The lowest BCUT2D eigenvalue weighted by Gasteiger charge is -2.25. The zero-order chi connectivity index (χ0) is 17.7.